The maximum atomic E-state index is 6.31. The summed E-state index contributed by atoms with van der Waals surface area (Å²) in [5.74, 6) is 1.65. The van der Waals surface area contributed by atoms with Crippen molar-refractivity contribution in [2.45, 2.75) is 26.8 Å². The predicted octanol–water partition coefficient (Wildman–Crippen LogP) is 5.70. The van der Waals surface area contributed by atoms with Gasteiger partial charge in [0, 0.05) is 21.6 Å². The van der Waals surface area contributed by atoms with Crippen molar-refractivity contribution in [1.29, 1.82) is 0 Å². The van der Waals surface area contributed by atoms with Crippen molar-refractivity contribution < 1.29 is 4.74 Å². The Hall–Kier alpha value is -1.03. The Morgan fingerprint density at radius 2 is 2.00 bits per heavy atom. The molecule has 0 bridgehead atoms. The van der Waals surface area contributed by atoms with Crippen LogP contribution in [-0.4, -0.2) is 6.54 Å². The highest BCUT2D eigenvalue weighted by Gasteiger charge is 2.10. The minimum absolute atomic E-state index is 0.707. The minimum Gasteiger partial charge on any atom is -0.457 e. The molecule has 0 unspecified atom stereocenters. The third kappa shape index (κ3) is 4.47. The summed E-state index contributed by atoms with van der Waals surface area (Å²) in [4.78, 5) is 0. The Kier molecular flexibility index (Phi) is 6.09. The molecule has 112 valence electrons. The van der Waals surface area contributed by atoms with Crippen LogP contribution < -0.4 is 10.1 Å². The van der Waals surface area contributed by atoms with Crippen LogP contribution in [0.25, 0.3) is 0 Å². The second-order valence-corrected chi connectivity index (χ2v) is 6.23. The Morgan fingerprint density at radius 1 is 1.19 bits per heavy atom. The van der Waals surface area contributed by atoms with Crippen molar-refractivity contribution >= 4 is 27.5 Å². The molecule has 21 heavy (non-hydrogen) atoms. The molecule has 2 aromatic carbocycles. The number of aryl methyl sites for hydroxylation is 1. The first-order chi connectivity index (χ1) is 10.1. The molecule has 0 saturated heterocycles. The molecule has 0 radical (unpaired) electrons. The van der Waals surface area contributed by atoms with E-state index in [1.165, 1.54) is 0 Å². The lowest BCUT2D eigenvalue weighted by Gasteiger charge is -2.15. The predicted molar refractivity (Wildman–Crippen MR) is 92.4 cm³/mol. The summed E-state index contributed by atoms with van der Waals surface area (Å²) in [6.45, 7) is 5.84. The van der Waals surface area contributed by atoms with Gasteiger partial charge in [0.15, 0.2) is 0 Å². The second-order valence-electron chi connectivity index (χ2n) is 4.91. The lowest BCUT2D eigenvalue weighted by atomic mass is 10.2. The number of nitrogens with one attached hydrogen (secondary N) is 1. The summed E-state index contributed by atoms with van der Waals surface area (Å²) in [7, 11) is 0. The largest absolute Gasteiger partial charge is 0.457 e. The van der Waals surface area contributed by atoms with E-state index in [0.717, 1.165) is 45.1 Å². The molecule has 0 aromatic heterocycles. The van der Waals surface area contributed by atoms with E-state index in [2.05, 4.69) is 28.2 Å². The van der Waals surface area contributed by atoms with Gasteiger partial charge in [0.1, 0.15) is 11.5 Å². The summed E-state index contributed by atoms with van der Waals surface area (Å²) in [6, 6.07) is 11.7. The molecule has 0 aliphatic heterocycles. The Bertz CT molecular complexity index is 616. The van der Waals surface area contributed by atoms with Crippen LogP contribution in [0.1, 0.15) is 24.5 Å². The highest BCUT2D eigenvalue weighted by atomic mass is 79.9. The number of hydrogen-bond acceptors (Lipinski definition) is 2. The van der Waals surface area contributed by atoms with Crippen molar-refractivity contribution in [2.75, 3.05) is 6.54 Å². The number of benzene rings is 2. The quantitative estimate of drug-likeness (QED) is 0.660. The van der Waals surface area contributed by atoms with Crippen molar-refractivity contribution in [3.8, 4) is 11.5 Å². The van der Waals surface area contributed by atoms with E-state index >= 15 is 0 Å². The van der Waals surface area contributed by atoms with E-state index < -0.39 is 0 Å². The van der Waals surface area contributed by atoms with Crippen LogP contribution in [-0.2, 0) is 6.54 Å². The summed E-state index contributed by atoms with van der Waals surface area (Å²) < 4.78 is 7.11. The highest BCUT2D eigenvalue weighted by Crippen LogP contribution is 2.32. The number of hydrogen-bond donors (Lipinski definition) is 1. The fraction of sp³-hybridized carbons (Fsp3) is 0.294. The normalized spacial score (nSPS) is 10.7. The van der Waals surface area contributed by atoms with Crippen LogP contribution in [0.3, 0.4) is 0 Å². The van der Waals surface area contributed by atoms with E-state index in [-0.39, 0.29) is 0 Å². The summed E-state index contributed by atoms with van der Waals surface area (Å²) in [5.41, 5.74) is 2.08. The fourth-order valence-corrected chi connectivity index (χ4v) is 2.75. The van der Waals surface area contributed by atoms with E-state index in [4.69, 9.17) is 16.3 Å². The van der Waals surface area contributed by atoms with E-state index in [1.54, 1.807) is 0 Å². The fourth-order valence-electron chi connectivity index (χ4n) is 2.04. The van der Waals surface area contributed by atoms with Gasteiger partial charge in [0.2, 0.25) is 0 Å². The highest BCUT2D eigenvalue weighted by molar-refractivity contribution is 9.10. The molecule has 0 atom stereocenters. The summed E-state index contributed by atoms with van der Waals surface area (Å²) in [6.07, 6.45) is 1.09. The van der Waals surface area contributed by atoms with Gasteiger partial charge in [0.25, 0.3) is 0 Å². The smallest absolute Gasteiger partial charge is 0.133 e. The molecule has 0 heterocycles. The van der Waals surface area contributed by atoms with Gasteiger partial charge in [0.05, 0.1) is 0 Å². The molecule has 0 spiro atoms. The monoisotopic (exact) mass is 367 g/mol. The van der Waals surface area contributed by atoms with Crippen molar-refractivity contribution in [3.05, 3.63) is 57.0 Å². The number of rotatable bonds is 6. The van der Waals surface area contributed by atoms with Crippen LogP contribution in [0.5, 0.6) is 11.5 Å². The van der Waals surface area contributed by atoms with Crippen LogP contribution in [0.4, 0.5) is 0 Å². The zero-order valence-corrected chi connectivity index (χ0v) is 14.6. The van der Waals surface area contributed by atoms with E-state index in [1.807, 2.05) is 43.3 Å². The van der Waals surface area contributed by atoms with Gasteiger partial charge in [-0.05, 0) is 55.8 Å². The molecule has 0 aliphatic carbocycles. The molecule has 0 amide bonds. The minimum atomic E-state index is 0.707. The average molecular weight is 369 g/mol. The molecule has 0 fully saturated rings. The first-order valence-electron chi connectivity index (χ1n) is 7.04. The number of ether oxygens (including phenoxy) is 1. The third-order valence-electron chi connectivity index (χ3n) is 3.16. The van der Waals surface area contributed by atoms with Crippen LogP contribution in [0.2, 0.25) is 5.02 Å². The standard InChI is InChI=1S/C17H19BrClNO/c1-3-9-20-11-14-15(19)5-4-6-17(14)21-16-8-7-13(18)10-12(16)2/h4-8,10,20H,3,9,11H2,1-2H3. The molecule has 2 aromatic rings. The molecule has 0 saturated carbocycles. The Labute approximate surface area is 139 Å². The second kappa shape index (κ2) is 7.83. The van der Waals surface area contributed by atoms with Crippen molar-refractivity contribution in [1.82, 2.24) is 5.32 Å². The van der Waals surface area contributed by atoms with Gasteiger partial charge in [-0.2, -0.15) is 0 Å². The zero-order valence-electron chi connectivity index (χ0n) is 12.2. The first kappa shape index (κ1) is 16.3. The van der Waals surface area contributed by atoms with Gasteiger partial charge >= 0.3 is 0 Å². The molecular weight excluding hydrogens is 350 g/mol. The Balaban J connectivity index is 2.24. The summed E-state index contributed by atoms with van der Waals surface area (Å²) in [5, 5.41) is 4.10. The zero-order chi connectivity index (χ0) is 15.2. The molecule has 0 aliphatic rings. The van der Waals surface area contributed by atoms with Crippen LogP contribution >= 0.6 is 27.5 Å². The van der Waals surface area contributed by atoms with E-state index in [0.29, 0.717) is 6.54 Å². The maximum absolute atomic E-state index is 6.31. The average Bonchev–Trinajstić information content (AvgIpc) is 2.45. The van der Waals surface area contributed by atoms with Crippen LogP contribution in [0.15, 0.2) is 40.9 Å². The lowest BCUT2D eigenvalue weighted by Crippen LogP contribution is -2.14. The molecule has 1 N–H and O–H groups in total. The molecular formula is C17H19BrClNO. The summed E-state index contributed by atoms with van der Waals surface area (Å²) >= 11 is 9.78. The molecule has 2 nitrogen and oxygen atoms in total. The molecule has 4 heteroatoms. The molecule has 2 rings (SSSR count). The first-order valence-corrected chi connectivity index (χ1v) is 8.21. The third-order valence-corrected chi connectivity index (χ3v) is 4.01. The van der Waals surface area contributed by atoms with Gasteiger partial charge in [-0.1, -0.05) is 40.5 Å². The van der Waals surface area contributed by atoms with Crippen molar-refractivity contribution in [3.63, 3.8) is 0 Å². The maximum Gasteiger partial charge on any atom is 0.133 e. The van der Waals surface area contributed by atoms with Crippen LogP contribution in [0, 0.1) is 6.92 Å². The van der Waals surface area contributed by atoms with Crippen molar-refractivity contribution in [2.24, 2.45) is 0 Å². The topological polar surface area (TPSA) is 21.3 Å². The lowest BCUT2D eigenvalue weighted by molar-refractivity contribution is 0.469. The Morgan fingerprint density at radius 3 is 2.71 bits per heavy atom. The van der Waals surface area contributed by atoms with Gasteiger partial charge < -0.3 is 10.1 Å². The number of halogens is 2. The van der Waals surface area contributed by atoms with Gasteiger partial charge in [-0.3, -0.25) is 0 Å². The van der Waals surface area contributed by atoms with Gasteiger partial charge in [-0.25, -0.2) is 0 Å². The van der Waals surface area contributed by atoms with E-state index in [9.17, 15) is 0 Å². The van der Waals surface area contributed by atoms with Gasteiger partial charge in [-0.15, -0.1) is 0 Å². The SMILES string of the molecule is CCCNCc1c(Cl)cccc1Oc1ccc(Br)cc1C.